The predicted octanol–water partition coefficient (Wildman–Crippen LogP) is 7.03. The summed E-state index contributed by atoms with van der Waals surface area (Å²) in [7, 11) is 2.06. The van der Waals surface area contributed by atoms with E-state index in [2.05, 4.69) is 74.4 Å². The highest BCUT2D eigenvalue weighted by Gasteiger charge is 2.21. The summed E-state index contributed by atoms with van der Waals surface area (Å²) in [5, 5.41) is 14.8. The SMILES string of the molecule is Cc1ccc2c(-c3nnc(SCCCCC4CCc5c(cc6oc(C)nc6c5C)NC4)n3C)cccc2n1. The molecule has 6 rings (SSSR count). The average molecular weight is 527 g/mol. The second-order valence-electron chi connectivity index (χ2n) is 10.4. The van der Waals surface area contributed by atoms with Gasteiger partial charge in [-0.3, -0.25) is 4.98 Å². The second-order valence-corrected chi connectivity index (χ2v) is 11.5. The van der Waals surface area contributed by atoms with Gasteiger partial charge >= 0.3 is 0 Å². The highest BCUT2D eigenvalue weighted by molar-refractivity contribution is 7.99. The third-order valence-corrected chi connectivity index (χ3v) is 8.84. The van der Waals surface area contributed by atoms with Gasteiger partial charge in [-0.1, -0.05) is 36.4 Å². The van der Waals surface area contributed by atoms with Crippen LogP contribution in [-0.2, 0) is 13.5 Å². The Labute approximate surface area is 227 Å². The number of rotatable bonds is 7. The quantitative estimate of drug-likeness (QED) is 0.180. The first-order chi connectivity index (χ1) is 18.5. The van der Waals surface area contributed by atoms with E-state index in [1.807, 2.05) is 19.9 Å². The normalized spacial score (nSPS) is 15.5. The molecule has 2 aromatic carbocycles. The number of anilines is 1. The van der Waals surface area contributed by atoms with E-state index in [0.717, 1.165) is 68.9 Å². The molecule has 4 heterocycles. The molecule has 1 unspecified atom stereocenters. The Kier molecular flexibility index (Phi) is 6.82. The van der Waals surface area contributed by atoms with Crippen LogP contribution in [0.3, 0.4) is 0 Å². The van der Waals surface area contributed by atoms with E-state index in [1.165, 1.54) is 42.5 Å². The topological polar surface area (TPSA) is 81.7 Å². The van der Waals surface area contributed by atoms with E-state index in [4.69, 9.17) is 4.42 Å². The molecule has 0 saturated carbocycles. The number of nitrogens with one attached hydrogen (secondary N) is 1. The number of thioether (sulfide) groups is 1. The van der Waals surface area contributed by atoms with E-state index in [1.54, 1.807) is 11.8 Å². The van der Waals surface area contributed by atoms with Crippen molar-refractivity contribution in [3.8, 4) is 11.4 Å². The van der Waals surface area contributed by atoms with Crippen LogP contribution >= 0.6 is 11.8 Å². The Hall–Kier alpha value is -3.39. The van der Waals surface area contributed by atoms with Gasteiger partial charge in [-0.15, -0.1) is 10.2 Å². The molecule has 7 nitrogen and oxygen atoms in total. The fourth-order valence-corrected chi connectivity index (χ4v) is 6.54. The zero-order chi connectivity index (χ0) is 26.2. The van der Waals surface area contributed by atoms with Gasteiger partial charge in [0.15, 0.2) is 22.5 Å². The summed E-state index contributed by atoms with van der Waals surface area (Å²) < 4.78 is 7.91. The summed E-state index contributed by atoms with van der Waals surface area (Å²) in [6.07, 6.45) is 5.93. The minimum atomic E-state index is 0.679. The minimum Gasteiger partial charge on any atom is -0.441 e. The van der Waals surface area contributed by atoms with Crippen molar-refractivity contribution in [1.29, 1.82) is 0 Å². The van der Waals surface area contributed by atoms with Crippen molar-refractivity contribution in [1.82, 2.24) is 24.7 Å². The first kappa shape index (κ1) is 24.9. The lowest BCUT2D eigenvalue weighted by Gasteiger charge is -2.14. The van der Waals surface area contributed by atoms with Gasteiger partial charge in [-0.25, -0.2) is 4.98 Å². The monoisotopic (exact) mass is 526 g/mol. The van der Waals surface area contributed by atoms with Gasteiger partial charge in [0, 0.05) is 54.7 Å². The van der Waals surface area contributed by atoms with Crippen LogP contribution in [0.5, 0.6) is 0 Å². The van der Waals surface area contributed by atoms with E-state index in [0.29, 0.717) is 5.92 Å². The maximum Gasteiger partial charge on any atom is 0.192 e. The zero-order valence-corrected chi connectivity index (χ0v) is 23.4. The van der Waals surface area contributed by atoms with Crippen LogP contribution in [0.4, 0.5) is 5.69 Å². The number of fused-ring (bicyclic) bond motifs is 3. The number of hydrogen-bond donors (Lipinski definition) is 1. The summed E-state index contributed by atoms with van der Waals surface area (Å²) in [6.45, 7) is 7.13. The number of pyridine rings is 1. The van der Waals surface area contributed by atoms with Gasteiger partial charge in [0.2, 0.25) is 0 Å². The van der Waals surface area contributed by atoms with Gasteiger partial charge in [0.25, 0.3) is 0 Å². The van der Waals surface area contributed by atoms with Crippen LogP contribution in [0.1, 0.15) is 48.4 Å². The van der Waals surface area contributed by atoms with Crippen LogP contribution < -0.4 is 5.32 Å². The predicted molar refractivity (Wildman–Crippen MR) is 155 cm³/mol. The number of nitrogens with zero attached hydrogens (tertiary/aromatic N) is 5. The first-order valence-electron chi connectivity index (χ1n) is 13.5. The highest BCUT2D eigenvalue weighted by Crippen LogP contribution is 2.34. The number of aryl methyl sites for hydroxylation is 3. The molecule has 38 heavy (non-hydrogen) atoms. The molecule has 1 aliphatic heterocycles. The van der Waals surface area contributed by atoms with Crippen molar-refractivity contribution < 1.29 is 4.42 Å². The molecule has 0 spiro atoms. The van der Waals surface area contributed by atoms with Gasteiger partial charge < -0.3 is 14.3 Å². The standard InChI is InChI=1S/C30H34N6OS/c1-18-11-13-23-24(9-7-10-25(23)32-18)29-34-35-30(36(29)4)38-15-6-5-8-21-12-14-22-19(2)28-27(37-20(3)33-28)16-26(22)31-17-21/h7,9-11,13,16,21,31H,5-6,8,12,14-15,17H2,1-4H3. The number of aromatic nitrogens is 5. The Bertz CT molecular complexity index is 1620. The third kappa shape index (κ3) is 4.77. The van der Waals surface area contributed by atoms with Crippen molar-refractivity contribution in [3.63, 3.8) is 0 Å². The lowest BCUT2D eigenvalue weighted by molar-refractivity contribution is 0.461. The average Bonchev–Trinajstić information content (AvgIpc) is 3.39. The molecule has 1 aliphatic rings. The van der Waals surface area contributed by atoms with Crippen LogP contribution in [0, 0.1) is 26.7 Å². The van der Waals surface area contributed by atoms with Crippen molar-refractivity contribution in [2.45, 2.75) is 58.0 Å². The first-order valence-corrected chi connectivity index (χ1v) is 14.5. The van der Waals surface area contributed by atoms with E-state index in [-0.39, 0.29) is 0 Å². The number of hydrogen-bond acceptors (Lipinski definition) is 7. The molecular weight excluding hydrogens is 492 g/mol. The molecule has 3 aromatic heterocycles. The van der Waals surface area contributed by atoms with E-state index in [9.17, 15) is 0 Å². The molecule has 0 bridgehead atoms. The Morgan fingerprint density at radius 1 is 1.08 bits per heavy atom. The fraction of sp³-hybridized carbons (Fsp3) is 0.400. The largest absolute Gasteiger partial charge is 0.441 e. The van der Waals surface area contributed by atoms with E-state index >= 15 is 0 Å². The molecule has 0 radical (unpaired) electrons. The maximum absolute atomic E-state index is 5.80. The molecule has 0 aliphatic carbocycles. The molecular formula is C30H34N6OS. The smallest absolute Gasteiger partial charge is 0.192 e. The molecule has 196 valence electrons. The van der Waals surface area contributed by atoms with Crippen LogP contribution in [-0.4, -0.2) is 37.0 Å². The lowest BCUT2D eigenvalue weighted by Crippen LogP contribution is -2.12. The summed E-state index contributed by atoms with van der Waals surface area (Å²) in [5.74, 6) is 3.35. The fourth-order valence-electron chi connectivity index (χ4n) is 5.63. The molecule has 0 amide bonds. The minimum absolute atomic E-state index is 0.679. The molecule has 1 atom stereocenters. The van der Waals surface area contributed by atoms with Gasteiger partial charge in [-0.05, 0) is 68.7 Å². The maximum atomic E-state index is 5.80. The van der Waals surface area contributed by atoms with Crippen molar-refractivity contribution in [3.05, 3.63) is 59.1 Å². The molecule has 8 heteroatoms. The van der Waals surface area contributed by atoms with Crippen LogP contribution in [0.25, 0.3) is 33.4 Å². The summed E-state index contributed by atoms with van der Waals surface area (Å²) in [6, 6.07) is 12.5. The number of benzene rings is 2. The van der Waals surface area contributed by atoms with E-state index < -0.39 is 0 Å². The Balaban J connectivity index is 1.03. The summed E-state index contributed by atoms with van der Waals surface area (Å²) in [4.78, 5) is 9.26. The number of unbranched alkanes of at least 4 members (excludes halogenated alkanes) is 1. The van der Waals surface area contributed by atoms with Crippen molar-refractivity contribution in [2.24, 2.45) is 13.0 Å². The summed E-state index contributed by atoms with van der Waals surface area (Å²) >= 11 is 1.80. The molecule has 0 fully saturated rings. The Morgan fingerprint density at radius 3 is 2.87 bits per heavy atom. The van der Waals surface area contributed by atoms with Gasteiger partial charge in [0.1, 0.15) is 5.52 Å². The second kappa shape index (κ2) is 10.4. The van der Waals surface area contributed by atoms with Crippen molar-refractivity contribution >= 4 is 39.5 Å². The van der Waals surface area contributed by atoms with Gasteiger partial charge in [-0.2, -0.15) is 0 Å². The van der Waals surface area contributed by atoms with Crippen LogP contribution in [0.15, 0.2) is 46.0 Å². The lowest BCUT2D eigenvalue weighted by atomic mass is 9.94. The molecule has 0 saturated heterocycles. The third-order valence-electron chi connectivity index (χ3n) is 7.74. The Morgan fingerprint density at radius 2 is 1.97 bits per heavy atom. The molecule has 1 N–H and O–H groups in total. The zero-order valence-electron chi connectivity index (χ0n) is 22.5. The molecule has 5 aromatic rings. The summed E-state index contributed by atoms with van der Waals surface area (Å²) in [5.41, 5.74) is 8.87. The van der Waals surface area contributed by atoms with Crippen molar-refractivity contribution in [2.75, 3.05) is 17.6 Å². The van der Waals surface area contributed by atoms with Gasteiger partial charge in [0.05, 0.1) is 5.52 Å². The van der Waals surface area contributed by atoms with Crippen LogP contribution in [0.2, 0.25) is 0 Å². The highest BCUT2D eigenvalue weighted by atomic mass is 32.2. The number of oxazole rings is 1.